The molecule has 0 aliphatic carbocycles. The van der Waals surface area contributed by atoms with Crippen molar-refractivity contribution in [1.82, 2.24) is 14.5 Å². The molecular weight excluding hydrogens is 270 g/mol. The van der Waals surface area contributed by atoms with E-state index in [-0.39, 0.29) is 11.7 Å². The summed E-state index contributed by atoms with van der Waals surface area (Å²) in [6.45, 7) is 7.93. The summed E-state index contributed by atoms with van der Waals surface area (Å²) in [5.74, 6) is -1.58. The van der Waals surface area contributed by atoms with Crippen molar-refractivity contribution < 1.29 is 9.90 Å². The monoisotopic (exact) mass is 295 g/mol. The fraction of sp³-hybridized carbons (Fsp3) is 0.667. The van der Waals surface area contributed by atoms with Crippen LogP contribution in [0, 0.1) is 13.8 Å². The van der Waals surface area contributed by atoms with Crippen molar-refractivity contribution in [1.29, 1.82) is 0 Å². The van der Waals surface area contributed by atoms with Gasteiger partial charge in [0.25, 0.3) is 0 Å². The zero-order valence-corrected chi connectivity index (χ0v) is 13.7. The van der Waals surface area contributed by atoms with Gasteiger partial charge < -0.3 is 10.0 Å². The standard InChI is InChI=1S/C15H25N3O3/c1-9(7-8-17(5)6)18-12(4)13(10(2)14(19)20)11(3)16-15(18)21/h9-10H,7-8H2,1-6H3,(H,19,20). The van der Waals surface area contributed by atoms with Crippen LogP contribution in [0.5, 0.6) is 0 Å². The third-order valence-electron chi connectivity index (χ3n) is 3.85. The summed E-state index contributed by atoms with van der Waals surface area (Å²) in [5.41, 5.74) is 1.54. The molecule has 0 aliphatic rings. The Morgan fingerprint density at radius 3 is 2.38 bits per heavy atom. The van der Waals surface area contributed by atoms with Gasteiger partial charge >= 0.3 is 11.7 Å². The lowest BCUT2D eigenvalue weighted by molar-refractivity contribution is -0.138. The van der Waals surface area contributed by atoms with E-state index in [2.05, 4.69) is 9.88 Å². The third kappa shape index (κ3) is 3.91. The summed E-state index contributed by atoms with van der Waals surface area (Å²) >= 11 is 0. The molecule has 21 heavy (non-hydrogen) atoms. The van der Waals surface area contributed by atoms with Gasteiger partial charge in [-0.1, -0.05) is 0 Å². The number of aryl methyl sites for hydroxylation is 1. The quantitative estimate of drug-likeness (QED) is 0.862. The second-order valence-corrected chi connectivity index (χ2v) is 5.85. The summed E-state index contributed by atoms with van der Waals surface area (Å²) in [6, 6.07) is -0.0206. The Morgan fingerprint density at radius 1 is 1.33 bits per heavy atom. The van der Waals surface area contributed by atoms with E-state index in [9.17, 15) is 14.7 Å². The summed E-state index contributed by atoms with van der Waals surface area (Å²) in [5, 5.41) is 9.24. The molecule has 0 amide bonds. The van der Waals surface area contributed by atoms with E-state index < -0.39 is 11.9 Å². The molecule has 0 saturated carbocycles. The number of carboxylic acid groups (broad SMARTS) is 1. The van der Waals surface area contributed by atoms with Crippen molar-refractivity contribution >= 4 is 5.97 Å². The summed E-state index contributed by atoms with van der Waals surface area (Å²) in [7, 11) is 3.96. The first kappa shape index (κ1) is 17.4. The maximum Gasteiger partial charge on any atom is 0.348 e. The van der Waals surface area contributed by atoms with E-state index in [0.717, 1.165) is 13.0 Å². The molecule has 2 atom stereocenters. The lowest BCUT2D eigenvalue weighted by Gasteiger charge is -2.23. The average molecular weight is 295 g/mol. The first-order valence-corrected chi connectivity index (χ1v) is 7.14. The molecule has 0 saturated heterocycles. The Hall–Kier alpha value is -1.69. The molecule has 0 aromatic carbocycles. The van der Waals surface area contributed by atoms with Crippen molar-refractivity contribution in [2.45, 2.75) is 46.1 Å². The van der Waals surface area contributed by atoms with Crippen molar-refractivity contribution in [3.8, 4) is 0 Å². The minimum Gasteiger partial charge on any atom is -0.481 e. The molecule has 1 aromatic heterocycles. The third-order valence-corrected chi connectivity index (χ3v) is 3.85. The molecule has 6 heteroatoms. The molecule has 0 aliphatic heterocycles. The maximum absolute atomic E-state index is 12.2. The highest BCUT2D eigenvalue weighted by Crippen LogP contribution is 2.23. The van der Waals surface area contributed by atoms with E-state index in [1.807, 2.05) is 21.0 Å². The second kappa shape index (κ2) is 6.85. The van der Waals surface area contributed by atoms with Crippen LogP contribution in [0.1, 0.15) is 49.2 Å². The minimum atomic E-state index is -0.908. The number of hydrogen-bond donors (Lipinski definition) is 1. The van der Waals surface area contributed by atoms with Gasteiger partial charge in [0.05, 0.1) is 5.92 Å². The summed E-state index contributed by atoms with van der Waals surface area (Å²) < 4.78 is 1.62. The average Bonchev–Trinajstić information content (AvgIpc) is 2.35. The van der Waals surface area contributed by atoms with Crippen LogP contribution in [0.4, 0.5) is 0 Å². The van der Waals surface area contributed by atoms with Crippen LogP contribution in [0.15, 0.2) is 4.79 Å². The SMILES string of the molecule is Cc1nc(=O)n(C(C)CCN(C)C)c(C)c1C(C)C(=O)O. The fourth-order valence-electron chi connectivity index (χ4n) is 2.64. The lowest BCUT2D eigenvalue weighted by Crippen LogP contribution is -2.32. The van der Waals surface area contributed by atoms with E-state index in [1.165, 1.54) is 0 Å². The molecule has 6 nitrogen and oxygen atoms in total. The zero-order chi connectivity index (χ0) is 16.3. The fourth-order valence-corrected chi connectivity index (χ4v) is 2.64. The van der Waals surface area contributed by atoms with Crippen LogP contribution in [0.25, 0.3) is 0 Å². The van der Waals surface area contributed by atoms with E-state index in [1.54, 1.807) is 25.3 Å². The summed E-state index contributed by atoms with van der Waals surface area (Å²) in [4.78, 5) is 29.5. The predicted octanol–water partition coefficient (Wildman–Crippen LogP) is 1.56. The highest BCUT2D eigenvalue weighted by atomic mass is 16.4. The Balaban J connectivity index is 3.30. The molecule has 1 heterocycles. The Morgan fingerprint density at radius 2 is 1.90 bits per heavy atom. The molecule has 0 radical (unpaired) electrons. The first-order chi connectivity index (χ1) is 9.66. The molecule has 0 bridgehead atoms. The van der Waals surface area contributed by atoms with Crippen molar-refractivity contribution in [3.05, 3.63) is 27.4 Å². The topological polar surface area (TPSA) is 75.4 Å². The molecule has 0 fully saturated rings. The number of rotatable bonds is 6. The van der Waals surface area contributed by atoms with Crippen LogP contribution >= 0.6 is 0 Å². The molecule has 2 unspecified atom stereocenters. The number of hydrogen-bond acceptors (Lipinski definition) is 4. The van der Waals surface area contributed by atoms with Gasteiger partial charge in [-0.25, -0.2) is 4.79 Å². The molecule has 1 N–H and O–H groups in total. The number of nitrogens with zero attached hydrogens (tertiary/aromatic N) is 3. The van der Waals surface area contributed by atoms with Crippen molar-refractivity contribution in [3.63, 3.8) is 0 Å². The number of aromatic nitrogens is 2. The van der Waals surface area contributed by atoms with Crippen molar-refractivity contribution in [2.75, 3.05) is 20.6 Å². The Bertz CT molecular complexity index is 578. The Kier molecular flexibility index (Phi) is 5.66. The highest BCUT2D eigenvalue weighted by Gasteiger charge is 2.23. The van der Waals surface area contributed by atoms with Gasteiger partial charge in [-0.05, 0) is 54.8 Å². The molecule has 1 aromatic rings. The molecule has 118 valence electrons. The van der Waals surface area contributed by atoms with E-state index >= 15 is 0 Å². The van der Waals surface area contributed by atoms with Gasteiger partial charge in [0.2, 0.25) is 0 Å². The van der Waals surface area contributed by atoms with Crippen LogP contribution in [0.3, 0.4) is 0 Å². The number of aliphatic carboxylic acids is 1. The maximum atomic E-state index is 12.2. The highest BCUT2D eigenvalue weighted by molar-refractivity contribution is 5.76. The van der Waals surface area contributed by atoms with Crippen LogP contribution in [-0.4, -0.2) is 46.2 Å². The van der Waals surface area contributed by atoms with Crippen molar-refractivity contribution in [2.24, 2.45) is 0 Å². The van der Waals surface area contributed by atoms with Crippen LogP contribution in [-0.2, 0) is 4.79 Å². The predicted molar refractivity (Wildman–Crippen MR) is 81.9 cm³/mol. The molecule has 1 rings (SSSR count). The van der Waals surface area contributed by atoms with Crippen LogP contribution in [0.2, 0.25) is 0 Å². The smallest absolute Gasteiger partial charge is 0.348 e. The van der Waals surface area contributed by atoms with E-state index in [0.29, 0.717) is 17.0 Å². The van der Waals surface area contributed by atoms with Crippen LogP contribution < -0.4 is 5.69 Å². The summed E-state index contributed by atoms with van der Waals surface area (Å²) in [6.07, 6.45) is 0.805. The van der Waals surface area contributed by atoms with Gasteiger partial charge in [-0.3, -0.25) is 9.36 Å². The number of carbonyl (C=O) groups is 1. The Labute approximate surface area is 125 Å². The molecular formula is C15H25N3O3. The van der Waals surface area contributed by atoms with Gasteiger partial charge in [-0.2, -0.15) is 4.98 Å². The van der Waals surface area contributed by atoms with Gasteiger partial charge in [0.15, 0.2) is 0 Å². The number of carboxylic acids is 1. The van der Waals surface area contributed by atoms with Gasteiger partial charge in [-0.15, -0.1) is 0 Å². The first-order valence-electron chi connectivity index (χ1n) is 7.14. The van der Waals surface area contributed by atoms with Gasteiger partial charge in [0.1, 0.15) is 0 Å². The molecule has 0 spiro atoms. The van der Waals surface area contributed by atoms with Gasteiger partial charge in [0, 0.05) is 23.0 Å². The normalized spacial score (nSPS) is 14.2. The van der Waals surface area contributed by atoms with E-state index in [4.69, 9.17) is 0 Å². The minimum absolute atomic E-state index is 0.0206. The lowest BCUT2D eigenvalue weighted by atomic mass is 9.97. The zero-order valence-electron chi connectivity index (χ0n) is 13.7. The largest absolute Gasteiger partial charge is 0.481 e. The second-order valence-electron chi connectivity index (χ2n) is 5.85.